The van der Waals surface area contributed by atoms with Gasteiger partial charge in [0.05, 0.1) is 0 Å². The third-order valence-corrected chi connectivity index (χ3v) is 3.87. The van der Waals surface area contributed by atoms with Gasteiger partial charge >= 0.3 is 0 Å². The molecule has 1 heterocycles. The van der Waals surface area contributed by atoms with Crippen molar-refractivity contribution >= 4 is 0 Å². The topological polar surface area (TPSA) is 15.3 Å². The fourth-order valence-electron chi connectivity index (χ4n) is 2.93. The zero-order valence-electron chi connectivity index (χ0n) is 11.6. The van der Waals surface area contributed by atoms with E-state index in [9.17, 15) is 0 Å². The smallest absolute Gasteiger partial charge is 0.0116 e. The molecular formula is C14H30N2. The number of hydrogen-bond donors (Lipinski definition) is 1. The molecule has 0 aromatic heterocycles. The summed E-state index contributed by atoms with van der Waals surface area (Å²) in [5.41, 5.74) is 0. The summed E-state index contributed by atoms with van der Waals surface area (Å²) in [6.07, 6.45) is 5.22. The molecule has 1 saturated heterocycles. The molecule has 2 heteroatoms. The van der Waals surface area contributed by atoms with Crippen molar-refractivity contribution in [2.45, 2.75) is 65.5 Å². The molecule has 0 bridgehead atoms. The van der Waals surface area contributed by atoms with Gasteiger partial charge in [-0.05, 0) is 51.2 Å². The first-order valence-corrected chi connectivity index (χ1v) is 7.16. The molecule has 2 nitrogen and oxygen atoms in total. The molecule has 1 unspecified atom stereocenters. The number of hydrogen-bond acceptors (Lipinski definition) is 2. The average Bonchev–Trinajstić information content (AvgIpc) is 2.28. The second-order valence-electron chi connectivity index (χ2n) is 5.48. The second-order valence-corrected chi connectivity index (χ2v) is 5.48. The lowest BCUT2D eigenvalue weighted by atomic mass is 9.95. The summed E-state index contributed by atoms with van der Waals surface area (Å²) in [6.45, 7) is 13.0. The fraction of sp³-hybridized carbons (Fsp3) is 1.00. The first-order chi connectivity index (χ1) is 7.69. The van der Waals surface area contributed by atoms with Crippen molar-refractivity contribution in [3.63, 3.8) is 0 Å². The lowest BCUT2D eigenvalue weighted by Crippen LogP contribution is -2.48. The molecule has 1 aliphatic heterocycles. The van der Waals surface area contributed by atoms with Crippen LogP contribution in [0.2, 0.25) is 0 Å². The molecule has 0 aromatic rings. The van der Waals surface area contributed by atoms with Crippen molar-refractivity contribution in [2.24, 2.45) is 5.92 Å². The quantitative estimate of drug-likeness (QED) is 0.749. The van der Waals surface area contributed by atoms with Crippen molar-refractivity contribution in [3.8, 4) is 0 Å². The number of nitrogens with one attached hydrogen (secondary N) is 1. The van der Waals surface area contributed by atoms with Crippen LogP contribution < -0.4 is 5.32 Å². The van der Waals surface area contributed by atoms with E-state index in [1.54, 1.807) is 0 Å². The lowest BCUT2D eigenvalue weighted by Gasteiger charge is -2.39. The minimum absolute atomic E-state index is 0.779. The second kappa shape index (κ2) is 7.29. The highest BCUT2D eigenvalue weighted by molar-refractivity contribution is 4.82. The number of nitrogens with zero attached hydrogens (tertiary/aromatic N) is 1. The van der Waals surface area contributed by atoms with Gasteiger partial charge in [0.1, 0.15) is 0 Å². The third-order valence-electron chi connectivity index (χ3n) is 3.87. The van der Waals surface area contributed by atoms with E-state index in [-0.39, 0.29) is 0 Å². The zero-order valence-corrected chi connectivity index (χ0v) is 11.6. The van der Waals surface area contributed by atoms with E-state index in [4.69, 9.17) is 0 Å². The van der Waals surface area contributed by atoms with Crippen LogP contribution in [-0.4, -0.2) is 36.6 Å². The van der Waals surface area contributed by atoms with E-state index < -0.39 is 0 Å². The fourth-order valence-corrected chi connectivity index (χ4v) is 2.93. The highest BCUT2D eigenvalue weighted by atomic mass is 15.2. The standard InChI is InChI=1S/C14H30N2/c1-5-9-15-13-7-10-16(11-8-13)14(6-2)12(3)4/h12-15H,5-11H2,1-4H3. The molecule has 0 aromatic carbocycles. The van der Waals surface area contributed by atoms with Crippen LogP contribution in [0.25, 0.3) is 0 Å². The number of rotatable bonds is 6. The molecule has 1 aliphatic rings. The van der Waals surface area contributed by atoms with Crippen molar-refractivity contribution in [1.82, 2.24) is 10.2 Å². The molecular weight excluding hydrogens is 196 g/mol. The Balaban J connectivity index is 2.30. The summed E-state index contributed by atoms with van der Waals surface area (Å²) >= 11 is 0. The Morgan fingerprint density at radius 1 is 1.19 bits per heavy atom. The molecule has 1 rings (SSSR count). The summed E-state index contributed by atoms with van der Waals surface area (Å²) in [7, 11) is 0. The van der Waals surface area contributed by atoms with Crippen LogP contribution in [-0.2, 0) is 0 Å². The summed E-state index contributed by atoms with van der Waals surface area (Å²) < 4.78 is 0. The molecule has 1 atom stereocenters. The van der Waals surface area contributed by atoms with E-state index in [0.717, 1.165) is 18.0 Å². The van der Waals surface area contributed by atoms with Crippen molar-refractivity contribution in [3.05, 3.63) is 0 Å². The molecule has 1 fully saturated rings. The molecule has 0 saturated carbocycles. The van der Waals surface area contributed by atoms with Gasteiger partial charge in [0, 0.05) is 12.1 Å². The monoisotopic (exact) mass is 226 g/mol. The van der Waals surface area contributed by atoms with E-state index in [0.29, 0.717) is 0 Å². The van der Waals surface area contributed by atoms with Crippen LogP contribution in [0.1, 0.15) is 53.4 Å². The SMILES string of the molecule is CCCNC1CCN(C(CC)C(C)C)CC1. The van der Waals surface area contributed by atoms with E-state index >= 15 is 0 Å². The van der Waals surface area contributed by atoms with Gasteiger partial charge in [-0.2, -0.15) is 0 Å². The Morgan fingerprint density at radius 2 is 1.81 bits per heavy atom. The predicted molar refractivity (Wildman–Crippen MR) is 71.8 cm³/mol. The van der Waals surface area contributed by atoms with Gasteiger partial charge in [-0.1, -0.05) is 27.7 Å². The van der Waals surface area contributed by atoms with Gasteiger partial charge in [0.2, 0.25) is 0 Å². The summed E-state index contributed by atoms with van der Waals surface area (Å²) in [6, 6.07) is 1.58. The maximum atomic E-state index is 3.65. The highest BCUT2D eigenvalue weighted by Gasteiger charge is 2.25. The Hall–Kier alpha value is -0.0800. The van der Waals surface area contributed by atoms with Gasteiger partial charge in [-0.3, -0.25) is 0 Å². The molecule has 0 aliphatic carbocycles. The third kappa shape index (κ3) is 4.06. The Morgan fingerprint density at radius 3 is 2.25 bits per heavy atom. The van der Waals surface area contributed by atoms with Crippen LogP contribution >= 0.6 is 0 Å². The van der Waals surface area contributed by atoms with Crippen LogP contribution in [0.15, 0.2) is 0 Å². The summed E-state index contributed by atoms with van der Waals surface area (Å²) in [4.78, 5) is 2.70. The molecule has 1 N–H and O–H groups in total. The van der Waals surface area contributed by atoms with E-state index in [2.05, 4.69) is 37.9 Å². The zero-order chi connectivity index (χ0) is 12.0. The molecule has 96 valence electrons. The molecule has 0 spiro atoms. The van der Waals surface area contributed by atoms with Crippen molar-refractivity contribution in [2.75, 3.05) is 19.6 Å². The van der Waals surface area contributed by atoms with Gasteiger partial charge in [-0.15, -0.1) is 0 Å². The van der Waals surface area contributed by atoms with E-state index in [1.807, 2.05) is 0 Å². The minimum Gasteiger partial charge on any atom is -0.314 e. The van der Waals surface area contributed by atoms with Gasteiger partial charge < -0.3 is 10.2 Å². The maximum Gasteiger partial charge on any atom is 0.0116 e. The molecule has 0 amide bonds. The Labute approximate surface area is 102 Å². The Bertz CT molecular complexity index is 172. The summed E-state index contributed by atoms with van der Waals surface area (Å²) in [5, 5.41) is 3.65. The van der Waals surface area contributed by atoms with Crippen molar-refractivity contribution in [1.29, 1.82) is 0 Å². The predicted octanol–water partition coefficient (Wildman–Crippen LogP) is 2.89. The lowest BCUT2D eigenvalue weighted by molar-refractivity contribution is 0.110. The van der Waals surface area contributed by atoms with Gasteiger partial charge in [-0.25, -0.2) is 0 Å². The van der Waals surface area contributed by atoms with Crippen LogP contribution in [0.4, 0.5) is 0 Å². The van der Waals surface area contributed by atoms with Gasteiger partial charge in [0.15, 0.2) is 0 Å². The van der Waals surface area contributed by atoms with Crippen molar-refractivity contribution < 1.29 is 0 Å². The normalized spacial score (nSPS) is 21.6. The summed E-state index contributed by atoms with van der Waals surface area (Å²) in [5.74, 6) is 0.796. The highest BCUT2D eigenvalue weighted by Crippen LogP contribution is 2.20. The minimum atomic E-state index is 0.779. The molecule has 16 heavy (non-hydrogen) atoms. The van der Waals surface area contributed by atoms with Crippen LogP contribution in [0.3, 0.4) is 0 Å². The first-order valence-electron chi connectivity index (χ1n) is 7.16. The number of likely N-dealkylation sites (tertiary alicyclic amines) is 1. The van der Waals surface area contributed by atoms with E-state index in [1.165, 1.54) is 45.3 Å². The van der Waals surface area contributed by atoms with Crippen LogP contribution in [0.5, 0.6) is 0 Å². The maximum absolute atomic E-state index is 3.65. The number of piperidine rings is 1. The largest absolute Gasteiger partial charge is 0.314 e. The first kappa shape index (κ1) is 14.0. The van der Waals surface area contributed by atoms with Crippen LogP contribution in [0, 0.1) is 5.92 Å². The van der Waals surface area contributed by atoms with Gasteiger partial charge in [0.25, 0.3) is 0 Å². The molecule has 0 radical (unpaired) electrons. The average molecular weight is 226 g/mol. The Kier molecular flexibility index (Phi) is 6.37.